The van der Waals surface area contributed by atoms with Gasteiger partial charge in [-0.25, -0.2) is 5.01 Å². The average Bonchev–Trinajstić information content (AvgIpc) is 1.88. The van der Waals surface area contributed by atoms with Gasteiger partial charge in [-0.05, 0) is 13.3 Å². The van der Waals surface area contributed by atoms with E-state index in [0.717, 1.165) is 12.8 Å². The van der Waals surface area contributed by atoms with Gasteiger partial charge in [0.1, 0.15) is 5.66 Å². The summed E-state index contributed by atoms with van der Waals surface area (Å²) >= 11 is 0. The lowest BCUT2D eigenvalue weighted by atomic mass is 10.1. The Morgan fingerprint density at radius 1 is 1.73 bits per heavy atom. The molecule has 0 aliphatic heterocycles. The Labute approximate surface area is 67.7 Å². The number of amides is 1. The van der Waals surface area contributed by atoms with Crippen LogP contribution in [-0.4, -0.2) is 24.1 Å². The third-order valence-corrected chi connectivity index (χ3v) is 1.89. The van der Waals surface area contributed by atoms with Gasteiger partial charge in [-0.15, -0.1) is 0 Å². The van der Waals surface area contributed by atoms with Crippen LogP contribution in [0.1, 0.15) is 26.7 Å². The second kappa shape index (κ2) is 4.31. The molecule has 0 spiro atoms. The average molecular weight is 159 g/mol. The minimum atomic E-state index is -0.406. The topological polar surface area (TPSA) is 58.4 Å². The standard InChI is InChI=1S/C7H17N3O/c1-4-5-7(2,9-6-11)10(3)8/h6H,4-5,8H2,1-3H3,(H,9,11). The van der Waals surface area contributed by atoms with Crippen molar-refractivity contribution in [3.8, 4) is 0 Å². The largest absolute Gasteiger partial charge is 0.340 e. The number of rotatable bonds is 5. The lowest BCUT2D eigenvalue weighted by Gasteiger charge is -2.34. The van der Waals surface area contributed by atoms with Crippen molar-refractivity contribution in [2.24, 2.45) is 5.84 Å². The molecule has 0 heterocycles. The monoisotopic (exact) mass is 159 g/mol. The van der Waals surface area contributed by atoms with Crippen LogP contribution in [0.2, 0.25) is 0 Å². The minimum absolute atomic E-state index is 0.406. The van der Waals surface area contributed by atoms with Crippen molar-refractivity contribution < 1.29 is 4.79 Å². The third kappa shape index (κ3) is 2.86. The molecule has 1 atom stereocenters. The number of nitrogens with one attached hydrogen (secondary N) is 1. The number of carbonyl (C=O) groups is 1. The summed E-state index contributed by atoms with van der Waals surface area (Å²) in [5.41, 5.74) is -0.406. The zero-order chi connectivity index (χ0) is 8.91. The first-order valence-electron chi connectivity index (χ1n) is 3.76. The van der Waals surface area contributed by atoms with Crippen molar-refractivity contribution >= 4 is 6.41 Å². The Bertz CT molecular complexity index is 127. The van der Waals surface area contributed by atoms with E-state index in [-0.39, 0.29) is 0 Å². The fourth-order valence-corrected chi connectivity index (χ4v) is 0.964. The Kier molecular flexibility index (Phi) is 4.07. The van der Waals surface area contributed by atoms with E-state index in [1.807, 2.05) is 13.8 Å². The van der Waals surface area contributed by atoms with Gasteiger partial charge in [-0.2, -0.15) is 0 Å². The first kappa shape index (κ1) is 10.4. The lowest BCUT2D eigenvalue weighted by Crippen LogP contribution is -2.57. The number of nitrogens with two attached hydrogens (primary N) is 1. The maximum absolute atomic E-state index is 10.2. The predicted octanol–water partition coefficient (Wildman–Crippen LogP) is 0.0542. The Hall–Kier alpha value is -0.610. The molecular weight excluding hydrogens is 142 g/mol. The maximum atomic E-state index is 10.2. The van der Waals surface area contributed by atoms with Crippen LogP contribution < -0.4 is 11.2 Å². The summed E-state index contributed by atoms with van der Waals surface area (Å²) in [5.74, 6) is 5.56. The highest BCUT2D eigenvalue weighted by Gasteiger charge is 2.24. The van der Waals surface area contributed by atoms with Gasteiger partial charge in [0.25, 0.3) is 0 Å². The van der Waals surface area contributed by atoms with Gasteiger partial charge in [-0.1, -0.05) is 13.3 Å². The molecule has 0 aromatic carbocycles. The van der Waals surface area contributed by atoms with Crippen LogP contribution in [0.15, 0.2) is 0 Å². The van der Waals surface area contributed by atoms with Crippen LogP contribution in [0.5, 0.6) is 0 Å². The number of hydrazine groups is 1. The molecule has 4 nitrogen and oxygen atoms in total. The van der Waals surface area contributed by atoms with Crippen molar-refractivity contribution in [3.05, 3.63) is 0 Å². The Morgan fingerprint density at radius 3 is 2.55 bits per heavy atom. The van der Waals surface area contributed by atoms with E-state index in [0.29, 0.717) is 6.41 Å². The van der Waals surface area contributed by atoms with Gasteiger partial charge in [-0.3, -0.25) is 10.6 Å². The quantitative estimate of drug-likeness (QED) is 0.258. The van der Waals surface area contributed by atoms with E-state index in [4.69, 9.17) is 5.84 Å². The smallest absolute Gasteiger partial charge is 0.208 e. The van der Waals surface area contributed by atoms with Gasteiger partial charge in [0, 0.05) is 7.05 Å². The number of hydrogen-bond donors (Lipinski definition) is 2. The molecule has 0 radical (unpaired) electrons. The molecule has 0 rings (SSSR count). The molecule has 0 fully saturated rings. The normalized spacial score (nSPS) is 16.1. The molecule has 0 aliphatic carbocycles. The Morgan fingerprint density at radius 2 is 2.27 bits per heavy atom. The zero-order valence-electron chi connectivity index (χ0n) is 7.42. The summed E-state index contributed by atoms with van der Waals surface area (Å²) in [4.78, 5) is 10.2. The lowest BCUT2D eigenvalue weighted by molar-refractivity contribution is -0.113. The van der Waals surface area contributed by atoms with E-state index >= 15 is 0 Å². The summed E-state index contributed by atoms with van der Waals surface area (Å²) in [6.45, 7) is 3.94. The fraction of sp³-hybridized carbons (Fsp3) is 0.857. The van der Waals surface area contributed by atoms with Crippen molar-refractivity contribution in [1.29, 1.82) is 0 Å². The molecule has 0 aromatic rings. The number of hydrogen-bond acceptors (Lipinski definition) is 3. The molecule has 0 saturated carbocycles. The van der Waals surface area contributed by atoms with Gasteiger partial charge in [0.15, 0.2) is 0 Å². The van der Waals surface area contributed by atoms with Crippen LogP contribution >= 0.6 is 0 Å². The van der Waals surface area contributed by atoms with Gasteiger partial charge < -0.3 is 5.32 Å². The molecule has 1 amide bonds. The van der Waals surface area contributed by atoms with Crippen LogP contribution in [-0.2, 0) is 4.79 Å². The van der Waals surface area contributed by atoms with Crippen molar-refractivity contribution in [2.75, 3.05) is 7.05 Å². The van der Waals surface area contributed by atoms with E-state index in [9.17, 15) is 4.79 Å². The van der Waals surface area contributed by atoms with Crippen molar-refractivity contribution in [2.45, 2.75) is 32.4 Å². The highest BCUT2D eigenvalue weighted by Crippen LogP contribution is 2.11. The second-order valence-electron chi connectivity index (χ2n) is 2.90. The van der Waals surface area contributed by atoms with Crippen LogP contribution in [0.4, 0.5) is 0 Å². The maximum Gasteiger partial charge on any atom is 0.208 e. The van der Waals surface area contributed by atoms with E-state index in [1.54, 1.807) is 7.05 Å². The summed E-state index contributed by atoms with van der Waals surface area (Å²) in [6.07, 6.45) is 2.51. The fourth-order valence-electron chi connectivity index (χ4n) is 0.964. The zero-order valence-corrected chi connectivity index (χ0v) is 7.42. The molecule has 0 aliphatic rings. The van der Waals surface area contributed by atoms with Crippen molar-refractivity contribution in [1.82, 2.24) is 10.3 Å². The second-order valence-corrected chi connectivity index (χ2v) is 2.90. The van der Waals surface area contributed by atoms with Crippen LogP contribution in [0.25, 0.3) is 0 Å². The Balaban J connectivity index is 4.12. The van der Waals surface area contributed by atoms with Gasteiger partial charge in [0.05, 0.1) is 0 Å². The molecule has 4 heteroatoms. The highest BCUT2D eigenvalue weighted by molar-refractivity contribution is 5.47. The van der Waals surface area contributed by atoms with E-state index < -0.39 is 5.66 Å². The summed E-state index contributed by atoms with van der Waals surface area (Å²) in [6, 6.07) is 0. The van der Waals surface area contributed by atoms with Crippen molar-refractivity contribution in [3.63, 3.8) is 0 Å². The van der Waals surface area contributed by atoms with Crippen LogP contribution in [0.3, 0.4) is 0 Å². The van der Waals surface area contributed by atoms with E-state index in [2.05, 4.69) is 5.32 Å². The number of carbonyl (C=O) groups excluding carboxylic acids is 1. The van der Waals surface area contributed by atoms with Crippen LogP contribution in [0, 0.1) is 0 Å². The molecule has 1 unspecified atom stereocenters. The molecule has 66 valence electrons. The van der Waals surface area contributed by atoms with Gasteiger partial charge >= 0.3 is 0 Å². The summed E-state index contributed by atoms with van der Waals surface area (Å²) in [7, 11) is 1.74. The van der Waals surface area contributed by atoms with E-state index in [1.165, 1.54) is 5.01 Å². The SMILES string of the molecule is CCCC(C)(NC=O)N(C)N. The molecule has 0 bridgehead atoms. The highest BCUT2D eigenvalue weighted by atomic mass is 16.1. The minimum Gasteiger partial charge on any atom is -0.340 e. The third-order valence-electron chi connectivity index (χ3n) is 1.89. The molecule has 0 saturated heterocycles. The molecular formula is C7H17N3O. The summed E-state index contributed by atoms with van der Waals surface area (Å²) in [5, 5.41) is 4.20. The number of nitrogens with zero attached hydrogens (tertiary/aromatic N) is 1. The molecule has 11 heavy (non-hydrogen) atoms. The molecule has 3 N–H and O–H groups in total. The van der Waals surface area contributed by atoms with Gasteiger partial charge in [0.2, 0.25) is 6.41 Å². The predicted molar refractivity (Wildman–Crippen MR) is 44.5 cm³/mol. The first-order chi connectivity index (χ1) is 5.06. The first-order valence-corrected chi connectivity index (χ1v) is 3.76. The summed E-state index contributed by atoms with van der Waals surface area (Å²) < 4.78 is 0. The molecule has 0 aromatic heterocycles.